The molecule has 0 saturated heterocycles. The number of hydrogen-bond donors (Lipinski definition) is 0. The minimum absolute atomic E-state index is 0.0145. The van der Waals surface area contributed by atoms with Crippen LogP contribution in [-0.2, 0) is 12.7 Å². The van der Waals surface area contributed by atoms with Crippen molar-refractivity contribution in [1.82, 2.24) is 24.5 Å². The van der Waals surface area contributed by atoms with Gasteiger partial charge in [0, 0.05) is 18.3 Å². The second-order valence-electron chi connectivity index (χ2n) is 6.57. The molecule has 0 spiro atoms. The molecule has 0 radical (unpaired) electrons. The van der Waals surface area contributed by atoms with E-state index in [-0.39, 0.29) is 22.4 Å². The first kappa shape index (κ1) is 18.2. The Balaban J connectivity index is 2.07. The maximum absolute atomic E-state index is 13.9. The van der Waals surface area contributed by atoms with Crippen molar-refractivity contribution in [3.8, 4) is 16.9 Å². The van der Waals surface area contributed by atoms with Crippen LogP contribution in [0.2, 0.25) is 0 Å². The molecule has 3 aromatic heterocycles. The predicted octanol–water partition coefficient (Wildman–Crippen LogP) is 4.94. The van der Waals surface area contributed by atoms with Gasteiger partial charge in [-0.3, -0.25) is 4.68 Å². The number of hydrogen-bond acceptors (Lipinski definition) is 3. The Morgan fingerprint density at radius 3 is 2.32 bits per heavy atom. The van der Waals surface area contributed by atoms with Crippen LogP contribution in [0.4, 0.5) is 13.2 Å². The summed E-state index contributed by atoms with van der Waals surface area (Å²) in [5.41, 5.74) is 1.81. The van der Waals surface area contributed by atoms with Gasteiger partial charge in [0.05, 0.1) is 33.7 Å². The van der Waals surface area contributed by atoms with Gasteiger partial charge < -0.3 is 0 Å². The molecule has 0 aliphatic heterocycles. The Hall–Kier alpha value is -3.16. The number of pyridine rings is 1. The van der Waals surface area contributed by atoms with Crippen molar-refractivity contribution in [3.05, 3.63) is 59.5 Å². The summed E-state index contributed by atoms with van der Waals surface area (Å²) in [5, 5.41) is 8.70. The second kappa shape index (κ2) is 6.47. The van der Waals surface area contributed by atoms with Gasteiger partial charge in [0.1, 0.15) is 0 Å². The van der Waals surface area contributed by atoms with Crippen molar-refractivity contribution in [2.24, 2.45) is 0 Å². The lowest BCUT2D eigenvalue weighted by Crippen LogP contribution is -2.08. The van der Waals surface area contributed by atoms with E-state index < -0.39 is 11.7 Å². The van der Waals surface area contributed by atoms with Gasteiger partial charge in [0.15, 0.2) is 5.65 Å². The first-order chi connectivity index (χ1) is 13.3. The number of para-hydroxylation sites is 1. The topological polar surface area (TPSA) is 48.5 Å². The summed E-state index contributed by atoms with van der Waals surface area (Å²) in [6.07, 6.45) is -2.81. The maximum atomic E-state index is 13.9. The zero-order valence-electron chi connectivity index (χ0n) is 15.6. The number of halogens is 3. The van der Waals surface area contributed by atoms with E-state index in [0.29, 0.717) is 23.5 Å². The lowest BCUT2D eigenvalue weighted by atomic mass is 10.1. The average molecular weight is 385 g/mol. The first-order valence-electron chi connectivity index (χ1n) is 8.87. The molecule has 8 heteroatoms. The van der Waals surface area contributed by atoms with Crippen LogP contribution in [0.5, 0.6) is 0 Å². The van der Waals surface area contributed by atoms with E-state index in [2.05, 4.69) is 15.2 Å². The number of aryl methyl sites for hydroxylation is 3. The minimum atomic E-state index is -4.53. The Morgan fingerprint density at radius 2 is 1.71 bits per heavy atom. The third-order valence-electron chi connectivity index (χ3n) is 4.67. The highest BCUT2D eigenvalue weighted by molar-refractivity contribution is 5.87. The van der Waals surface area contributed by atoms with Crippen molar-refractivity contribution in [1.29, 1.82) is 0 Å². The van der Waals surface area contributed by atoms with Crippen LogP contribution in [0.3, 0.4) is 0 Å². The van der Waals surface area contributed by atoms with Crippen LogP contribution < -0.4 is 0 Å². The molecule has 0 aliphatic carbocycles. The summed E-state index contributed by atoms with van der Waals surface area (Å²) in [6, 6.07) is 10.1. The monoisotopic (exact) mass is 385 g/mol. The van der Waals surface area contributed by atoms with Gasteiger partial charge in [-0.15, -0.1) is 0 Å². The molecular weight excluding hydrogens is 367 g/mol. The van der Waals surface area contributed by atoms with Crippen molar-refractivity contribution in [3.63, 3.8) is 0 Å². The Bertz CT molecular complexity index is 1160. The number of fused-ring (bicyclic) bond motifs is 1. The van der Waals surface area contributed by atoms with E-state index in [1.165, 1.54) is 4.68 Å². The zero-order chi connectivity index (χ0) is 20.1. The van der Waals surface area contributed by atoms with Crippen molar-refractivity contribution in [2.75, 3.05) is 0 Å². The Kier molecular flexibility index (Phi) is 4.21. The molecule has 0 bridgehead atoms. The summed E-state index contributed by atoms with van der Waals surface area (Å²) in [6.45, 7) is 5.87. The molecule has 1 aromatic carbocycles. The van der Waals surface area contributed by atoms with Crippen LogP contribution in [0.25, 0.3) is 28.0 Å². The smallest absolute Gasteiger partial charge is 0.272 e. The fourth-order valence-corrected chi connectivity index (χ4v) is 3.33. The fraction of sp³-hybridized carbons (Fsp3) is 0.250. The first-order valence-corrected chi connectivity index (χ1v) is 8.87. The van der Waals surface area contributed by atoms with Crippen LogP contribution >= 0.6 is 0 Å². The van der Waals surface area contributed by atoms with Gasteiger partial charge in [0.25, 0.3) is 0 Å². The predicted molar refractivity (Wildman–Crippen MR) is 100 cm³/mol. The van der Waals surface area contributed by atoms with E-state index >= 15 is 0 Å². The number of aromatic nitrogens is 5. The molecule has 0 amide bonds. The summed E-state index contributed by atoms with van der Waals surface area (Å²) in [4.78, 5) is 4.57. The minimum Gasteiger partial charge on any atom is -0.272 e. The van der Waals surface area contributed by atoms with Crippen LogP contribution in [-0.4, -0.2) is 24.5 Å². The molecule has 28 heavy (non-hydrogen) atoms. The van der Waals surface area contributed by atoms with Crippen molar-refractivity contribution < 1.29 is 13.2 Å². The van der Waals surface area contributed by atoms with Crippen LogP contribution in [0, 0.1) is 13.8 Å². The molecule has 4 rings (SSSR count). The SMILES string of the molecule is CCn1cc(-c2cc(C(F)(F)F)c3c(C)nn(-c4ccccc4)c3n2)c(C)n1. The normalized spacial score (nSPS) is 12.1. The summed E-state index contributed by atoms with van der Waals surface area (Å²) >= 11 is 0. The van der Waals surface area contributed by atoms with Gasteiger partial charge >= 0.3 is 6.18 Å². The number of rotatable bonds is 3. The van der Waals surface area contributed by atoms with Gasteiger partial charge in [-0.05, 0) is 39.0 Å². The Labute approximate surface area is 159 Å². The highest BCUT2D eigenvalue weighted by atomic mass is 19.4. The van der Waals surface area contributed by atoms with Crippen molar-refractivity contribution in [2.45, 2.75) is 33.5 Å². The standard InChI is InChI=1S/C20H18F3N5/c1-4-27-11-15(12(2)25-27)17-10-16(20(21,22)23)18-13(3)26-28(19(18)24-17)14-8-6-5-7-9-14/h5-11H,4H2,1-3H3. The number of nitrogens with zero attached hydrogens (tertiary/aromatic N) is 5. The highest BCUT2D eigenvalue weighted by Crippen LogP contribution is 2.39. The summed E-state index contributed by atoms with van der Waals surface area (Å²) in [7, 11) is 0. The number of benzene rings is 1. The largest absolute Gasteiger partial charge is 0.417 e. The molecule has 0 atom stereocenters. The molecule has 0 saturated carbocycles. The van der Waals surface area contributed by atoms with E-state index in [9.17, 15) is 13.2 Å². The van der Waals surface area contributed by atoms with Gasteiger partial charge in [-0.2, -0.15) is 23.4 Å². The molecule has 3 heterocycles. The van der Waals surface area contributed by atoms with E-state index in [0.717, 1.165) is 6.07 Å². The number of alkyl halides is 3. The van der Waals surface area contributed by atoms with Gasteiger partial charge in [-0.25, -0.2) is 9.67 Å². The fourth-order valence-electron chi connectivity index (χ4n) is 3.33. The maximum Gasteiger partial charge on any atom is 0.417 e. The molecule has 0 unspecified atom stereocenters. The molecular formula is C20H18F3N5. The van der Waals surface area contributed by atoms with Crippen LogP contribution in [0.1, 0.15) is 23.9 Å². The summed E-state index contributed by atoms with van der Waals surface area (Å²) in [5.74, 6) is 0. The van der Waals surface area contributed by atoms with Crippen LogP contribution in [0.15, 0.2) is 42.6 Å². The Morgan fingerprint density at radius 1 is 1.00 bits per heavy atom. The molecule has 144 valence electrons. The highest BCUT2D eigenvalue weighted by Gasteiger charge is 2.36. The molecule has 0 aliphatic rings. The van der Waals surface area contributed by atoms with E-state index in [1.54, 1.807) is 36.9 Å². The lowest BCUT2D eigenvalue weighted by Gasteiger charge is -2.11. The van der Waals surface area contributed by atoms with Crippen molar-refractivity contribution >= 4 is 11.0 Å². The zero-order valence-corrected chi connectivity index (χ0v) is 15.6. The van der Waals surface area contributed by atoms with Gasteiger partial charge in [0.2, 0.25) is 0 Å². The molecule has 0 N–H and O–H groups in total. The molecule has 4 aromatic rings. The third-order valence-corrected chi connectivity index (χ3v) is 4.67. The quantitative estimate of drug-likeness (QED) is 0.502. The average Bonchev–Trinajstić information content (AvgIpc) is 3.21. The van der Waals surface area contributed by atoms with E-state index in [4.69, 9.17) is 0 Å². The lowest BCUT2D eigenvalue weighted by molar-refractivity contribution is -0.136. The second-order valence-corrected chi connectivity index (χ2v) is 6.57. The molecule has 0 fully saturated rings. The van der Waals surface area contributed by atoms with E-state index in [1.807, 2.05) is 25.1 Å². The summed E-state index contributed by atoms with van der Waals surface area (Å²) < 4.78 is 44.8. The third kappa shape index (κ3) is 2.94. The molecule has 5 nitrogen and oxygen atoms in total. The van der Waals surface area contributed by atoms with Gasteiger partial charge in [-0.1, -0.05) is 18.2 Å².